The zero-order chi connectivity index (χ0) is 16.8. The van der Waals surface area contributed by atoms with Crippen molar-refractivity contribution in [2.45, 2.75) is 33.1 Å². The Morgan fingerprint density at radius 3 is 2.32 bits per heavy atom. The Hall–Kier alpha value is -2.34. The number of aryl methyl sites for hydroxylation is 1. The van der Waals surface area contributed by atoms with E-state index in [4.69, 9.17) is 5.84 Å². The number of aromatic nitrogens is 2. The topological polar surface area (TPSA) is 80.9 Å². The van der Waals surface area contributed by atoms with Gasteiger partial charge in [-0.3, -0.25) is 4.79 Å². The molecule has 0 spiro atoms. The van der Waals surface area contributed by atoms with Crippen LogP contribution in [0.4, 0.5) is 10.2 Å². The second-order valence-corrected chi connectivity index (χ2v) is 5.76. The molecule has 0 unspecified atom stereocenters. The van der Waals surface area contributed by atoms with Crippen LogP contribution in [0, 0.1) is 12.7 Å². The molecular formula is C16H21FN4O. The van der Waals surface area contributed by atoms with Gasteiger partial charge in [-0.05, 0) is 36.1 Å². The van der Waals surface area contributed by atoms with Crippen LogP contribution in [-0.4, -0.2) is 16.5 Å². The maximum atomic E-state index is 12.4. The van der Waals surface area contributed by atoms with Gasteiger partial charge < -0.3 is 5.43 Å². The number of nitrogens with two attached hydrogens (primary N) is 1. The molecule has 0 aliphatic rings. The highest BCUT2D eigenvalue weighted by Gasteiger charge is 2.17. The van der Waals surface area contributed by atoms with Crippen LogP contribution in [0.1, 0.15) is 42.4 Å². The Balaban J connectivity index is 0.000000235. The molecule has 1 aromatic heterocycles. The Morgan fingerprint density at radius 1 is 1.23 bits per heavy atom. The van der Waals surface area contributed by atoms with Gasteiger partial charge in [-0.25, -0.2) is 10.2 Å². The molecule has 0 saturated heterocycles. The number of carbonyl (C=O) groups is 1. The molecule has 0 aliphatic heterocycles. The summed E-state index contributed by atoms with van der Waals surface area (Å²) in [5.74, 6) is 5.40. The number of halogens is 1. The minimum Gasteiger partial charge on any atom is -0.307 e. The zero-order valence-electron chi connectivity index (χ0n) is 13.2. The molecule has 0 amide bonds. The number of hydrazine groups is 1. The van der Waals surface area contributed by atoms with Crippen molar-refractivity contribution in [3.63, 3.8) is 0 Å². The number of anilines is 1. The number of carbonyl (C=O) groups excluding carboxylic acids is 1. The van der Waals surface area contributed by atoms with Crippen LogP contribution in [0.3, 0.4) is 0 Å². The first-order valence-electron chi connectivity index (χ1n) is 6.80. The fraction of sp³-hybridized carbons (Fsp3) is 0.312. The minimum absolute atomic E-state index is 0.0750. The molecule has 2 rings (SSSR count). The summed E-state index contributed by atoms with van der Waals surface area (Å²) < 4.78 is 12.4. The maximum Gasteiger partial charge on any atom is 0.162 e. The van der Waals surface area contributed by atoms with Gasteiger partial charge in [0.15, 0.2) is 12.1 Å². The molecule has 1 aromatic carbocycles. The third-order valence-corrected chi connectivity index (χ3v) is 2.97. The molecular weight excluding hydrogens is 283 g/mol. The lowest BCUT2D eigenvalue weighted by molar-refractivity contribution is 0.112. The van der Waals surface area contributed by atoms with E-state index in [1.165, 1.54) is 12.1 Å². The van der Waals surface area contributed by atoms with Gasteiger partial charge in [-0.2, -0.15) is 5.10 Å². The molecule has 118 valence electrons. The third-order valence-electron chi connectivity index (χ3n) is 2.97. The van der Waals surface area contributed by atoms with Gasteiger partial charge in [0.1, 0.15) is 5.82 Å². The van der Waals surface area contributed by atoms with Crippen LogP contribution in [0.2, 0.25) is 0 Å². The van der Waals surface area contributed by atoms with Crippen LogP contribution in [0.5, 0.6) is 0 Å². The Bertz CT molecular complexity index is 638. The molecule has 0 saturated carbocycles. The summed E-state index contributed by atoms with van der Waals surface area (Å²) >= 11 is 0. The number of rotatable bonds is 2. The summed E-state index contributed by atoms with van der Waals surface area (Å²) in [5, 5.41) is 7.91. The van der Waals surface area contributed by atoms with Crippen molar-refractivity contribution in [3.05, 3.63) is 53.0 Å². The summed E-state index contributed by atoms with van der Waals surface area (Å²) in [7, 11) is 0. The highest BCUT2D eigenvalue weighted by molar-refractivity contribution is 5.74. The quantitative estimate of drug-likeness (QED) is 0.506. The van der Waals surface area contributed by atoms with E-state index in [0.717, 1.165) is 11.3 Å². The SMILES string of the molecule is Cc1nnc(NN)cc1C(C)(C)C.O=Cc1ccccc1F. The number of aldehydes is 1. The first-order chi connectivity index (χ1) is 10.3. The summed E-state index contributed by atoms with van der Waals surface area (Å²) in [6.45, 7) is 8.36. The van der Waals surface area contributed by atoms with Crippen molar-refractivity contribution < 1.29 is 9.18 Å². The predicted molar refractivity (Wildman–Crippen MR) is 85.1 cm³/mol. The summed E-state index contributed by atoms with van der Waals surface area (Å²) in [5.41, 5.74) is 4.79. The lowest BCUT2D eigenvalue weighted by atomic mass is 9.86. The van der Waals surface area contributed by atoms with Crippen molar-refractivity contribution in [1.29, 1.82) is 0 Å². The van der Waals surface area contributed by atoms with E-state index >= 15 is 0 Å². The van der Waals surface area contributed by atoms with E-state index < -0.39 is 5.82 Å². The van der Waals surface area contributed by atoms with Gasteiger partial charge >= 0.3 is 0 Å². The number of nitrogens with one attached hydrogen (secondary N) is 1. The van der Waals surface area contributed by atoms with Gasteiger partial charge in [0, 0.05) is 0 Å². The van der Waals surface area contributed by atoms with Crippen molar-refractivity contribution in [2.75, 3.05) is 5.43 Å². The second kappa shape index (κ2) is 7.61. The molecule has 2 aromatic rings. The lowest BCUT2D eigenvalue weighted by Crippen LogP contribution is -2.17. The standard InChI is InChI=1S/C9H16N4.C7H5FO/c1-6-7(9(2,3)4)5-8(11-10)13-12-6;8-7-4-2-1-3-6(7)5-9/h5H,10H2,1-4H3,(H,11,13);1-5H. The Labute approximate surface area is 129 Å². The largest absolute Gasteiger partial charge is 0.307 e. The summed E-state index contributed by atoms with van der Waals surface area (Å²) in [6.07, 6.45) is 0.495. The monoisotopic (exact) mass is 304 g/mol. The van der Waals surface area contributed by atoms with Crippen LogP contribution < -0.4 is 11.3 Å². The molecule has 0 atom stereocenters. The van der Waals surface area contributed by atoms with E-state index in [0.29, 0.717) is 12.1 Å². The van der Waals surface area contributed by atoms with E-state index in [-0.39, 0.29) is 11.0 Å². The van der Waals surface area contributed by atoms with Crippen molar-refractivity contribution in [2.24, 2.45) is 5.84 Å². The first kappa shape index (κ1) is 17.7. The van der Waals surface area contributed by atoms with E-state index in [9.17, 15) is 9.18 Å². The van der Waals surface area contributed by atoms with Gasteiger partial charge in [-0.15, -0.1) is 5.10 Å². The predicted octanol–water partition coefficient (Wildman–Crippen LogP) is 3.01. The molecule has 0 aliphatic carbocycles. The fourth-order valence-corrected chi connectivity index (χ4v) is 1.85. The van der Waals surface area contributed by atoms with Gasteiger partial charge in [-0.1, -0.05) is 32.9 Å². The highest BCUT2D eigenvalue weighted by atomic mass is 19.1. The van der Waals surface area contributed by atoms with Crippen molar-refractivity contribution in [3.8, 4) is 0 Å². The van der Waals surface area contributed by atoms with Gasteiger partial charge in [0.05, 0.1) is 11.3 Å². The maximum absolute atomic E-state index is 12.4. The van der Waals surface area contributed by atoms with E-state index in [1.54, 1.807) is 12.1 Å². The average Bonchev–Trinajstić information content (AvgIpc) is 2.48. The van der Waals surface area contributed by atoms with Crippen LogP contribution in [0.25, 0.3) is 0 Å². The molecule has 3 N–H and O–H groups in total. The van der Waals surface area contributed by atoms with E-state index in [2.05, 4.69) is 36.4 Å². The molecule has 6 heteroatoms. The lowest BCUT2D eigenvalue weighted by Gasteiger charge is -2.20. The van der Waals surface area contributed by atoms with Crippen molar-refractivity contribution >= 4 is 12.1 Å². The Morgan fingerprint density at radius 2 is 1.86 bits per heavy atom. The van der Waals surface area contributed by atoms with Crippen LogP contribution in [0.15, 0.2) is 30.3 Å². The summed E-state index contributed by atoms with van der Waals surface area (Å²) in [6, 6.07) is 7.78. The van der Waals surface area contributed by atoms with Crippen LogP contribution in [-0.2, 0) is 5.41 Å². The van der Waals surface area contributed by atoms with Gasteiger partial charge in [0.25, 0.3) is 0 Å². The fourth-order valence-electron chi connectivity index (χ4n) is 1.85. The second-order valence-electron chi connectivity index (χ2n) is 5.76. The molecule has 0 bridgehead atoms. The van der Waals surface area contributed by atoms with Gasteiger partial charge in [0.2, 0.25) is 0 Å². The molecule has 1 heterocycles. The third kappa shape index (κ3) is 4.89. The number of benzene rings is 1. The number of nitrogens with zero attached hydrogens (tertiary/aromatic N) is 2. The average molecular weight is 304 g/mol. The molecule has 5 nitrogen and oxygen atoms in total. The van der Waals surface area contributed by atoms with E-state index in [1.807, 2.05) is 13.0 Å². The van der Waals surface area contributed by atoms with Crippen molar-refractivity contribution in [1.82, 2.24) is 10.2 Å². The summed E-state index contributed by atoms with van der Waals surface area (Å²) in [4.78, 5) is 9.99. The normalized spacial score (nSPS) is 10.5. The van der Waals surface area contributed by atoms with Crippen LogP contribution >= 0.6 is 0 Å². The first-order valence-corrected chi connectivity index (χ1v) is 6.80. The molecule has 0 fully saturated rings. The highest BCUT2D eigenvalue weighted by Crippen LogP contribution is 2.25. The Kier molecular flexibility index (Phi) is 6.12. The number of hydrogen-bond acceptors (Lipinski definition) is 5. The minimum atomic E-state index is -0.465. The smallest absolute Gasteiger partial charge is 0.162 e. The number of nitrogen functional groups attached to an aromatic ring is 1. The number of hydrogen-bond donors (Lipinski definition) is 2. The molecule has 22 heavy (non-hydrogen) atoms. The molecule has 0 radical (unpaired) electrons. The zero-order valence-corrected chi connectivity index (χ0v) is 13.2.